The van der Waals surface area contributed by atoms with E-state index < -0.39 is 16.2 Å². The normalized spacial score (nSPS) is 32.3. The Balaban J connectivity index is 1.72. The summed E-state index contributed by atoms with van der Waals surface area (Å²) in [6.07, 6.45) is 8.33. The first-order chi connectivity index (χ1) is 12.7. The van der Waals surface area contributed by atoms with Crippen molar-refractivity contribution in [3.8, 4) is 0 Å². The first-order valence-corrected chi connectivity index (χ1v) is 13.0. The second kappa shape index (κ2) is 7.01. The van der Waals surface area contributed by atoms with Gasteiger partial charge in [-0.25, -0.2) is 0 Å². The zero-order chi connectivity index (χ0) is 19.4. The van der Waals surface area contributed by atoms with Crippen molar-refractivity contribution in [2.45, 2.75) is 83.2 Å². The van der Waals surface area contributed by atoms with Crippen molar-refractivity contribution in [3.63, 3.8) is 0 Å². The van der Waals surface area contributed by atoms with Crippen LogP contribution in [0.3, 0.4) is 0 Å². The van der Waals surface area contributed by atoms with Crippen LogP contribution in [0.1, 0.15) is 70.4 Å². The second-order valence-corrected chi connectivity index (χ2v) is 12.7. The van der Waals surface area contributed by atoms with Crippen LogP contribution in [0.15, 0.2) is 18.2 Å². The van der Waals surface area contributed by atoms with Crippen molar-refractivity contribution >= 4 is 21.6 Å². The molecule has 1 aromatic rings. The highest BCUT2D eigenvalue weighted by Crippen LogP contribution is 2.61. The van der Waals surface area contributed by atoms with E-state index in [4.69, 9.17) is 9.38 Å². The van der Waals surface area contributed by atoms with Gasteiger partial charge in [0, 0.05) is 0 Å². The predicted octanol–water partition coefficient (Wildman–Crippen LogP) is 4.34. The molecule has 4 aliphatic rings. The van der Waals surface area contributed by atoms with Crippen molar-refractivity contribution in [3.05, 3.63) is 29.3 Å². The zero-order valence-corrected chi connectivity index (χ0v) is 18.5. The molecular formula is C22H34BO3Si. The summed E-state index contributed by atoms with van der Waals surface area (Å²) in [5.74, 6) is 2.72. The highest BCUT2D eigenvalue weighted by Gasteiger charge is 2.52. The van der Waals surface area contributed by atoms with E-state index in [-0.39, 0.29) is 5.41 Å². The fourth-order valence-corrected chi connectivity index (χ4v) is 6.73. The Labute approximate surface area is 166 Å². The molecule has 0 saturated heterocycles. The molecule has 1 N–H and O–H groups in total. The molecule has 5 heteroatoms. The highest BCUT2D eigenvalue weighted by atomic mass is 28.3. The maximum atomic E-state index is 10.5. The van der Waals surface area contributed by atoms with Gasteiger partial charge in [-0.05, 0) is 96.8 Å². The lowest BCUT2D eigenvalue weighted by Crippen LogP contribution is -2.50. The maximum Gasteiger partial charge on any atom is 0.521 e. The third-order valence-corrected chi connectivity index (χ3v) is 7.48. The van der Waals surface area contributed by atoms with Crippen molar-refractivity contribution in [2.24, 2.45) is 17.8 Å². The fraction of sp³-hybridized carbons (Fsp3) is 0.727. The maximum absolute atomic E-state index is 10.5. The quantitative estimate of drug-likeness (QED) is 0.466. The molecule has 0 atom stereocenters. The summed E-state index contributed by atoms with van der Waals surface area (Å²) in [4.78, 5) is 5.29. The standard InChI is InChI=1S/C22H34BO3Si/c1-21(2,3)19-7-6-18(23(24)25-26-27(4)5)11-20(19)22-12-15-8-16(13-22)10-17(9-15)14-22/h6-7,11,15-17,24H,8-10,12-14H2,1-5H3. The smallest absolute Gasteiger partial charge is 0.422 e. The molecule has 0 unspecified atom stereocenters. The van der Waals surface area contributed by atoms with Gasteiger partial charge in [0.2, 0.25) is 0 Å². The number of benzene rings is 1. The molecule has 3 nitrogen and oxygen atoms in total. The van der Waals surface area contributed by atoms with Gasteiger partial charge in [-0.15, -0.1) is 0 Å². The van der Waals surface area contributed by atoms with E-state index in [0.717, 1.165) is 23.2 Å². The minimum Gasteiger partial charge on any atom is -0.422 e. The largest absolute Gasteiger partial charge is 0.521 e. The molecule has 4 aliphatic carbocycles. The van der Waals surface area contributed by atoms with Crippen molar-refractivity contribution in [1.29, 1.82) is 0 Å². The van der Waals surface area contributed by atoms with Crippen molar-refractivity contribution in [2.75, 3.05) is 0 Å². The number of hydrogen-bond donors (Lipinski definition) is 1. The van der Waals surface area contributed by atoms with E-state index in [2.05, 4.69) is 32.9 Å². The van der Waals surface area contributed by atoms with Crippen LogP contribution >= 0.6 is 0 Å². The van der Waals surface area contributed by atoms with E-state index >= 15 is 0 Å². The molecule has 1 aromatic carbocycles. The Morgan fingerprint density at radius 2 is 1.59 bits per heavy atom. The lowest BCUT2D eigenvalue weighted by Gasteiger charge is -2.58. The van der Waals surface area contributed by atoms with Crippen LogP contribution in [0.2, 0.25) is 13.1 Å². The second-order valence-electron chi connectivity index (χ2n) is 10.7. The van der Waals surface area contributed by atoms with Crippen LogP contribution in [0.25, 0.3) is 0 Å². The molecule has 0 aromatic heterocycles. The summed E-state index contributed by atoms with van der Waals surface area (Å²) < 4.78 is 5.30. The Hall–Kier alpha value is -0.618. The summed E-state index contributed by atoms with van der Waals surface area (Å²) in [6.45, 7) is 10.9. The molecule has 5 rings (SSSR count). The van der Waals surface area contributed by atoms with Gasteiger partial charge in [-0.3, -0.25) is 9.38 Å². The molecule has 0 aliphatic heterocycles. The zero-order valence-electron chi connectivity index (χ0n) is 17.5. The molecule has 0 amide bonds. The highest BCUT2D eigenvalue weighted by molar-refractivity contribution is 6.60. The minimum atomic E-state index is -1.01. The first kappa shape index (κ1) is 19.7. The van der Waals surface area contributed by atoms with Crippen LogP contribution in [0.4, 0.5) is 0 Å². The topological polar surface area (TPSA) is 38.7 Å². The van der Waals surface area contributed by atoms with E-state index in [9.17, 15) is 5.02 Å². The van der Waals surface area contributed by atoms with E-state index in [1.54, 1.807) is 0 Å². The van der Waals surface area contributed by atoms with Gasteiger partial charge >= 0.3 is 7.12 Å². The Morgan fingerprint density at radius 3 is 2.07 bits per heavy atom. The summed E-state index contributed by atoms with van der Waals surface area (Å²) >= 11 is 0. The summed E-state index contributed by atoms with van der Waals surface area (Å²) in [5, 5.41) is 10.5. The van der Waals surface area contributed by atoms with Gasteiger partial charge in [-0.1, -0.05) is 39.0 Å². The van der Waals surface area contributed by atoms with Gasteiger partial charge < -0.3 is 5.02 Å². The molecular weight excluding hydrogens is 351 g/mol. The first-order valence-electron chi connectivity index (χ1n) is 10.6. The fourth-order valence-electron chi connectivity index (χ4n) is 6.45. The molecule has 0 heterocycles. The Kier molecular flexibility index (Phi) is 5.11. The van der Waals surface area contributed by atoms with Gasteiger partial charge in [0.1, 0.15) is 0 Å². The molecule has 4 bridgehead atoms. The van der Waals surface area contributed by atoms with Crippen LogP contribution in [0.5, 0.6) is 0 Å². The molecule has 1 radical (unpaired) electrons. The third kappa shape index (κ3) is 3.81. The third-order valence-electron chi connectivity index (χ3n) is 7.05. The Bertz CT molecular complexity index is 662. The Morgan fingerprint density at radius 1 is 1.04 bits per heavy atom. The van der Waals surface area contributed by atoms with Gasteiger partial charge in [0.25, 0.3) is 9.04 Å². The van der Waals surface area contributed by atoms with E-state index in [1.807, 2.05) is 19.2 Å². The van der Waals surface area contributed by atoms with Crippen LogP contribution < -0.4 is 5.46 Å². The molecule has 147 valence electrons. The van der Waals surface area contributed by atoms with Crippen molar-refractivity contribution < 1.29 is 14.4 Å². The monoisotopic (exact) mass is 385 g/mol. The number of hydrogen-bond acceptors (Lipinski definition) is 3. The summed E-state index contributed by atoms with van der Waals surface area (Å²) in [6, 6.07) is 6.51. The molecule has 4 saturated carbocycles. The van der Waals surface area contributed by atoms with Gasteiger partial charge in [0.05, 0.1) is 0 Å². The predicted molar refractivity (Wildman–Crippen MR) is 112 cm³/mol. The van der Waals surface area contributed by atoms with E-state index in [0.29, 0.717) is 5.41 Å². The molecule has 4 fully saturated rings. The van der Waals surface area contributed by atoms with Crippen molar-refractivity contribution in [1.82, 2.24) is 0 Å². The SMILES string of the molecule is C[Si](C)OOB(O)c1ccc(C(C)(C)C)c(C23CC4CC(CC(C4)C2)C3)c1. The minimum absolute atomic E-state index is 0.0997. The van der Waals surface area contributed by atoms with Gasteiger partial charge in [-0.2, -0.15) is 0 Å². The van der Waals surface area contributed by atoms with Crippen LogP contribution in [-0.2, 0) is 20.2 Å². The van der Waals surface area contributed by atoms with Crippen LogP contribution in [-0.4, -0.2) is 21.2 Å². The average Bonchev–Trinajstić information content (AvgIpc) is 2.57. The lowest BCUT2D eigenvalue weighted by molar-refractivity contribution is -0.121. The molecule has 27 heavy (non-hydrogen) atoms. The average molecular weight is 385 g/mol. The van der Waals surface area contributed by atoms with Gasteiger partial charge in [0.15, 0.2) is 0 Å². The lowest BCUT2D eigenvalue weighted by atomic mass is 9.47. The van der Waals surface area contributed by atoms with E-state index in [1.165, 1.54) is 49.7 Å². The summed E-state index contributed by atoms with van der Waals surface area (Å²) in [5.41, 5.74) is 4.16. The van der Waals surface area contributed by atoms with Crippen LogP contribution in [0, 0.1) is 17.8 Å². The molecule has 0 spiro atoms. The number of rotatable bonds is 5. The summed E-state index contributed by atoms with van der Waals surface area (Å²) in [7, 11) is -2.00.